The van der Waals surface area contributed by atoms with E-state index in [2.05, 4.69) is 43.3 Å². The molecule has 3 aromatic carbocycles. The van der Waals surface area contributed by atoms with Crippen LogP contribution in [-0.4, -0.2) is 46.6 Å². The number of hydrogen-bond donors (Lipinski definition) is 3. The third kappa shape index (κ3) is 10.1. The topological polar surface area (TPSA) is 118 Å². The fourth-order valence-electron chi connectivity index (χ4n) is 5.26. The van der Waals surface area contributed by atoms with Crippen molar-refractivity contribution in [2.24, 2.45) is 0 Å². The number of ether oxygens (including phenoxy) is 1. The van der Waals surface area contributed by atoms with Crippen LogP contribution in [0.2, 0.25) is 0 Å². The Hall–Kier alpha value is -4.72. The zero-order chi connectivity index (χ0) is 34.0. The summed E-state index contributed by atoms with van der Waals surface area (Å²) in [5.41, 5.74) is 3.96. The molecule has 8 heteroatoms. The van der Waals surface area contributed by atoms with E-state index in [1.807, 2.05) is 66.9 Å². The zero-order valence-electron chi connectivity index (χ0n) is 28.1. The van der Waals surface area contributed by atoms with Crippen LogP contribution in [0.5, 0.6) is 5.75 Å². The first kappa shape index (κ1) is 35.1. The lowest BCUT2D eigenvalue weighted by Crippen LogP contribution is -2.51. The molecule has 0 fully saturated rings. The number of carbonyl (C=O) groups excluding carboxylic acids is 2. The number of fused-ring (bicyclic) bond motifs is 1. The first-order valence-electron chi connectivity index (χ1n) is 16.5. The molecule has 0 saturated carbocycles. The molecule has 1 aromatic heterocycles. The number of aromatic nitrogens is 1. The van der Waals surface area contributed by atoms with E-state index in [0.29, 0.717) is 12.2 Å². The molecule has 0 aliphatic carbocycles. The SMILES string of the molecule is CCCCCCCOc1ccc2cc(-c3ccc(C[C@H](NC(=O)c4ccc(C(C)(C)C)cc4)C(=O)N[C@H](C)C(=O)O)cc3)ncc2c1. The molecule has 8 nitrogen and oxygen atoms in total. The number of carboxylic acid groups (broad SMARTS) is 1. The van der Waals surface area contributed by atoms with Gasteiger partial charge >= 0.3 is 5.97 Å². The van der Waals surface area contributed by atoms with Crippen molar-refractivity contribution < 1.29 is 24.2 Å². The lowest BCUT2D eigenvalue weighted by atomic mass is 9.86. The van der Waals surface area contributed by atoms with Crippen LogP contribution in [0.1, 0.15) is 88.2 Å². The second-order valence-corrected chi connectivity index (χ2v) is 13.2. The van der Waals surface area contributed by atoms with Crippen molar-refractivity contribution in [1.29, 1.82) is 0 Å². The summed E-state index contributed by atoms with van der Waals surface area (Å²) in [7, 11) is 0. The minimum Gasteiger partial charge on any atom is -0.494 e. The maximum atomic E-state index is 13.2. The summed E-state index contributed by atoms with van der Waals surface area (Å²) in [4.78, 5) is 42.4. The van der Waals surface area contributed by atoms with Crippen molar-refractivity contribution in [3.05, 3.63) is 95.7 Å². The second kappa shape index (κ2) is 16.2. The molecule has 0 aliphatic rings. The summed E-state index contributed by atoms with van der Waals surface area (Å²) >= 11 is 0. The maximum absolute atomic E-state index is 13.2. The van der Waals surface area contributed by atoms with Gasteiger partial charge in [0.2, 0.25) is 5.91 Å². The van der Waals surface area contributed by atoms with E-state index in [0.717, 1.165) is 45.3 Å². The third-order valence-corrected chi connectivity index (χ3v) is 8.26. The highest BCUT2D eigenvalue weighted by Gasteiger charge is 2.25. The molecule has 0 bridgehead atoms. The first-order valence-corrected chi connectivity index (χ1v) is 16.5. The Morgan fingerprint density at radius 2 is 1.55 bits per heavy atom. The van der Waals surface area contributed by atoms with Crippen LogP contribution in [0.25, 0.3) is 22.0 Å². The fourth-order valence-corrected chi connectivity index (χ4v) is 5.26. The van der Waals surface area contributed by atoms with Gasteiger partial charge in [-0.2, -0.15) is 0 Å². The molecule has 2 atom stereocenters. The molecular formula is C39H47N3O5. The predicted octanol–water partition coefficient (Wildman–Crippen LogP) is 7.48. The molecule has 0 unspecified atom stereocenters. The summed E-state index contributed by atoms with van der Waals surface area (Å²) in [5.74, 6) is -1.29. The average molecular weight is 638 g/mol. The highest BCUT2D eigenvalue weighted by Crippen LogP contribution is 2.26. The quantitative estimate of drug-likeness (QED) is 0.116. The summed E-state index contributed by atoms with van der Waals surface area (Å²) in [6, 6.07) is 20.9. The van der Waals surface area contributed by atoms with Crippen molar-refractivity contribution in [3.8, 4) is 17.0 Å². The number of rotatable bonds is 15. The first-order chi connectivity index (χ1) is 22.4. The molecule has 4 aromatic rings. The Kier molecular flexibility index (Phi) is 12.1. The van der Waals surface area contributed by atoms with Crippen molar-refractivity contribution >= 4 is 28.6 Å². The molecule has 4 rings (SSSR count). The van der Waals surface area contributed by atoms with Crippen LogP contribution in [0, 0.1) is 0 Å². The van der Waals surface area contributed by atoms with Gasteiger partial charge in [-0.15, -0.1) is 0 Å². The van der Waals surface area contributed by atoms with Crippen LogP contribution < -0.4 is 15.4 Å². The van der Waals surface area contributed by atoms with Crippen molar-refractivity contribution in [2.75, 3.05) is 6.61 Å². The zero-order valence-corrected chi connectivity index (χ0v) is 28.1. The number of aliphatic carboxylic acids is 1. The summed E-state index contributed by atoms with van der Waals surface area (Å²) in [5, 5.41) is 16.7. The van der Waals surface area contributed by atoms with Crippen LogP contribution >= 0.6 is 0 Å². The molecule has 0 radical (unpaired) electrons. The average Bonchev–Trinajstić information content (AvgIpc) is 3.05. The summed E-state index contributed by atoms with van der Waals surface area (Å²) in [6.07, 6.45) is 8.00. The second-order valence-electron chi connectivity index (χ2n) is 13.2. The molecule has 0 saturated heterocycles. The monoisotopic (exact) mass is 637 g/mol. The number of carbonyl (C=O) groups is 3. The Morgan fingerprint density at radius 3 is 2.21 bits per heavy atom. The van der Waals surface area contributed by atoms with Gasteiger partial charge in [0.05, 0.1) is 12.3 Å². The van der Waals surface area contributed by atoms with Gasteiger partial charge in [-0.1, -0.05) is 95.8 Å². The van der Waals surface area contributed by atoms with Crippen molar-refractivity contribution in [1.82, 2.24) is 15.6 Å². The van der Waals surface area contributed by atoms with Crippen molar-refractivity contribution in [2.45, 2.75) is 90.6 Å². The van der Waals surface area contributed by atoms with E-state index in [9.17, 15) is 19.5 Å². The summed E-state index contributed by atoms with van der Waals surface area (Å²) < 4.78 is 5.96. The minimum absolute atomic E-state index is 0.0651. The Labute approximate surface area is 278 Å². The van der Waals surface area contributed by atoms with E-state index in [-0.39, 0.29) is 11.8 Å². The summed E-state index contributed by atoms with van der Waals surface area (Å²) in [6.45, 7) is 10.6. The van der Waals surface area contributed by atoms with Crippen LogP contribution in [-0.2, 0) is 21.4 Å². The lowest BCUT2D eigenvalue weighted by Gasteiger charge is -2.21. The van der Waals surface area contributed by atoms with E-state index in [1.54, 1.807) is 12.1 Å². The van der Waals surface area contributed by atoms with Crippen LogP contribution in [0.3, 0.4) is 0 Å². The Balaban J connectivity index is 1.45. The largest absolute Gasteiger partial charge is 0.494 e. The van der Waals surface area contributed by atoms with Gasteiger partial charge < -0.3 is 20.5 Å². The number of carboxylic acids is 1. The molecule has 2 amide bonds. The molecule has 248 valence electrons. The van der Waals surface area contributed by atoms with Gasteiger partial charge in [-0.3, -0.25) is 19.4 Å². The molecule has 0 aliphatic heterocycles. The van der Waals surface area contributed by atoms with Gasteiger partial charge in [0, 0.05) is 29.1 Å². The van der Waals surface area contributed by atoms with Gasteiger partial charge in [0.15, 0.2) is 0 Å². The van der Waals surface area contributed by atoms with Crippen molar-refractivity contribution in [3.63, 3.8) is 0 Å². The van der Waals surface area contributed by atoms with Gasteiger partial charge in [0.1, 0.15) is 17.8 Å². The van der Waals surface area contributed by atoms with Crippen LogP contribution in [0.15, 0.2) is 79.0 Å². The Morgan fingerprint density at radius 1 is 0.851 bits per heavy atom. The molecule has 47 heavy (non-hydrogen) atoms. The highest BCUT2D eigenvalue weighted by atomic mass is 16.5. The smallest absolute Gasteiger partial charge is 0.325 e. The molecule has 3 N–H and O–H groups in total. The number of nitrogens with one attached hydrogen (secondary N) is 2. The number of benzene rings is 3. The van der Waals surface area contributed by atoms with E-state index < -0.39 is 29.9 Å². The highest BCUT2D eigenvalue weighted by molar-refractivity contribution is 5.98. The fraction of sp³-hybridized carbons (Fsp3) is 0.385. The number of unbranched alkanes of at least 4 members (excludes halogenated alkanes) is 4. The van der Waals surface area contributed by atoms with Gasteiger partial charge in [0.25, 0.3) is 5.91 Å². The number of amides is 2. The van der Waals surface area contributed by atoms with Gasteiger partial charge in [-0.25, -0.2) is 0 Å². The number of nitrogens with zero attached hydrogens (tertiary/aromatic N) is 1. The number of pyridine rings is 1. The Bertz CT molecular complexity index is 1660. The number of hydrogen-bond acceptors (Lipinski definition) is 5. The maximum Gasteiger partial charge on any atom is 0.325 e. The standard InChI is InChI=1S/C39H47N3O5/c1-6-7-8-9-10-21-47-33-20-17-30-24-34(40-25-31(30)23-33)28-13-11-27(12-14-28)22-35(37(44)41-26(2)38(45)46)42-36(43)29-15-18-32(19-16-29)39(3,4)5/h11-20,23-26,35H,6-10,21-22H2,1-5H3,(H,41,44)(H,42,43)(H,45,46)/t26-,35+/m1/s1. The molecular weight excluding hydrogens is 590 g/mol. The van der Waals surface area contributed by atoms with Gasteiger partial charge in [-0.05, 0) is 65.6 Å². The van der Waals surface area contributed by atoms with E-state index >= 15 is 0 Å². The normalized spacial score (nSPS) is 12.7. The third-order valence-electron chi connectivity index (χ3n) is 8.26. The molecule has 1 heterocycles. The molecule has 0 spiro atoms. The van der Waals surface area contributed by atoms with E-state index in [1.165, 1.54) is 32.6 Å². The lowest BCUT2D eigenvalue weighted by molar-refractivity contribution is -0.141. The van der Waals surface area contributed by atoms with E-state index in [4.69, 9.17) is 4.74 Å². The minimum atomic E-state index is -1.16. The predicted molar refractivity (Wildman–Crippen MR) is 187 cm³/mol. The van der Waals surface area contributed by atoms with Crippen LogP contribution in [0.4, 0.5) is 0 Å².